The Morgan fingerprint density at radius 2 is 1.46 bits per heavy atom. The summed E-state index contributed by atoms with van der Waals surface area (Å²) in [5.41, 5.74) is 1.88. The lowest BCUT2D eigenvalue weighted by atomic mass is 9.95. The Morgan fingerprint density at radius 1 is 0.893 bits per heavy atom. The number of esters is 1. The molecule has 3 fully saturated rings. The molecule has 0 saturated carbocycles. The molecule has 5 rings (SSSR count). The van der Waals surface area contributed by atoms with E-state index in [1.165, 1.54) is 0 Å². The van der Waals surface area contributed by atoms with E-state index >= 15 is 0 Å². The molecule has 0 aromatic heterocycles. The number of hydrogen-bond acceptors (Lipinski definition) is 6. The van der Waals surface area contributed by atoms with Crippen LogP contribution in [0.5, 0.6) is 0 Å². The van der Waals surface area contributed by atoms with Crippen molar-refractivity contribution in [1.29, 1.82) is 0 Å². The molecule has 0 N–H and O–H groups in total. The zero-order chi connectivity index (χ0) is 19.3. The third-order valence-corrected chi connectivity index (χ3v) is 5.92. The summed E-state index contributed by atoms with van der Waals surface area (Å²) in [5, 5.41) is 0. The molecule has 0 aliphatic carbocycles. The highest BCUT2D eigenvalue weighted by Crippen LogP contribution is 2.39. The van der Waals surface area contributed by atoms with Crippen molar-refractivity contribution >= 4 is 17.7 Å². The lowest BCUT2D eigenvalue weighted by molar-refractivity contribution is -0.278. The normalized spacial score (nSPS) is 28.9. The lowest BCUT2D eigenvalue weighted by Crippen LogP contribution is -2.67. The number of fused-ring (bicyclic) bond motifs is 3. The third kappa shape index (κ3) is 4.25. The molecule has 3 saturated heterocycles. The molecule has 2 bridgehead atoms. The van der Waals surface area contributed by atoms with Crippen LogP contribution in [-0.2, 0) is 37.0 Å². The van der Waals surface area contributed by atoms with Crippen molar-refractivity contribution in [1.82, 2.24) is 0 Å². The smallest absolute Gasteiger partial charge is 0.338 e. The molecular formula is C22H24O5S. The zero-order valence-corrected chi connectivity index (χ0v) is 16.5. The van der Waals surface area contributed by atoms with E-state index in [1.807, 2.05) is 60.7 Å². The summed E-state index contributed by atoms with van der Waals surface area (Å²) in [6.07, 6.45) is -2.11. The maximum Gasteiger partial charge on any atom is 0.338 e. The second-order valence-electron chi connectivity index (χ2n) is 6.80. The first kappa shape index (κ1) is 19.5. The minimum absolute atomic E-state index is 0.231. The summed E-state index contributed by atoms with van der Waals surface area (Å²) in [4.78, 5) is 12.4. The minimum atomic E-state index is -0.765. The monoisotopic (exact) mass is 400 g/mol. The van der Waals surface area contributed by atoms with Crippen LogP contribution in [0.25, 0.3) is 0 Å². The van der Waals surface area contributed by atoms with Gasteiger partial charge in [-0.25, -0.2) is 4.79 Å². The molecule has 2 aromatic carbocycles. The summed E-state index contributed by atoms with van der Waals surface area (Å²) in [5.74, 6) is 0.502. The Balaban J connectivity index is 1.51. The van der Waals surface area contributed by atoms with Gasteiger partial charge < -0.3 is 18.9 Å². The molecule has 148 valence electrons. The van der Waals surface area contributed by atoms with Crippen molar-refractivity contribution in [3.8, 4) is 0 Å². The molecule has 3 aliphatic rings. The van der Waals surface area contributed by atoms with Crippen LogP contribution in [0.2, 0.25) is 0 Å². The highest BCUT2D eigenvalue weighted by atomic mass is 32.2. The number of carbonyl (C=O) groups excluding carboxylic acids is 1. The third-order valence-electron chi connectivity index (χ3n) is 4.88. The largest absolute Gasteiger partial charge is 0.454 e. The molecule has 6 heteroatoms. The van der Waals surface area contributed by atoms with Crippen LogP contribution in [-0.4, -0.2) is 41.6 Å². The van der Waals surface area contributed by atoms with E-state index in [-0.39, 0.29) is 17.5 Å². The van der Waals surface area contributed by atoms with E-state index < -0.39 is 18.3 Å². The van der Waals surface area contributed by atoms with Gasteiger partial charge in [0.25, 0.3) is 0 Å². The van der Waals surface area contributed by atoms with Gasteiger partial charge in [-0.15, -0.1) is 11.8 Å². The molecule has 0 amide bonds. The number of carbonyl (C=O) groups is 1. The van der Waals surface area contributed by atoms with Crippen molar-refractivity contribution in [2.45, 2.75) is 50.0 Å². The number of rotatable bonds is 8. The highest BCUT2D eigenvalue weighted by molar-refractivity contribution is 7.99. The summed E-state index contributed by atoms with van der Waals surface area (Å²) in [6, 6.07) is 19.9. The van der Waals surface area contributed by atoms with Crippen molar-refractivity contribution < 1.29 is 23.7 Å². The van der Waals surface area contributed by atoms with Crippen molar-refractivity contribution in [2.75, 3.05) is 5.75 Å². The molecule has 2 aromatic rings. The van der Waals surface area contributed by atoms with Gasteiger partial charge in [0.05, 0.1) is 13.2 Å². The number of ether oxygens (including phenoxy) is 4. The van der Waals surface area contributed by atoms with Gasteiger partial charge in [-0.05, 0) is 16.9 Å². The van der Waals surface area contributed by atoms with Gasteiger partial charge in [-0.3, -0.25) is 0 Å². The number of benzene rings is 2. The molecule has 0 spiro atoms. The summed E-state index contributed by atoms with van der Waals surface area (Å²) >= 11 is 1.62. The maximum atomic E-state index is 12.4. The summed E-state index contributed by atoms with van der Waals surface area (Å²) in [6.45, 7) is 2.88. The SMILES string of the molecule is CCS[C@H]1O[C@@H]2C(=O)O[C@H]1[C@@H](OCc1ccccc1)[C@@H]2OCc1ccccc1. The minimum Gasteiger partial charge on any atom is -0.454 e. The Bertz CT molecular complexity index is 769. The van der Waals surface area contributed by atoms with Crippen molar-refractivity contribution in [2.24, 2.45) is 0 Å². The standard InChI is InChI=1S/C22H24O5S/c1-2-28-22-20-18(25-14-16-11-7-4-8-12-16)17(19(27-22)21(23)26-20)24-13-15-9-5-3-6-10-15/h3-12,17-20,22H,2,13-14H2,1H3/t17-,18-,19-,20-,22+/m0/s1. The first-order valence-electron chi connectivity index (χ1n) is 9.55. The molecule has 3 heterocycles. The fourth-order valence-electron chi connectivity index (χ4n) is 3.53. The molecule has 5 atom stereocenters. The Kier molecular flexibility index (Phi) is 6.32. The highest BCUT2D eigenvalue weighted by Gasteiger charge is 2.57. The van der Waals surface area contributed by atoms with Crippen LogP contribution < -0.4 is 0 Å². The number of thioether (sulfide) groups is 1. The van der Waals surface area contributed by atoms with Gasteiger partial charge in [-0.1, -0.05) is 67.6 Å². The fourth-order valence-corrected chi connectivity index (χ4v) is 4.46. The Morgan fingerprint density at radius 3 is 2.04 bits per heavy atom. The van der Waals surface area contributed by atoms with E-state index in [1.54, 1.807) is 11.8 Å². The van der Waals surface area contributed by atoms with Gasteiger partial charge in [0.15, 0.2) is 12.2 Å². The van der Waals surface area contributed by atoms with E-state index in [4.69, 9.17) is 18.9 Å². The quantitative estimate of drug-likeness (QED) is 0.632. The molecule has 0 unspecified atom stereocenters. The van der Waals surface area contributed by atoms with E-state index in [0.29, 0.717) is 13.2 Å². The first-order chi connectivity index (χ1) is 13.8. The fraction of sp³-hybridized carbons (Fsp3) is 0.409. The van der Waals surface area contributed by atoms with Crippen LogP contribution >= 0.6 is 11.8 Å². The van der Waals surface area contributed by atoms with Crippen LogP contribution in [0.4, 0.5) is 0 Å². The average Bonchev–Trinajstić information content (AvgIpc) is 2.73. The van der Waals surface area contributed by atoms with E-state index in [9.17, 15) is 4.79 Å². The molecular weight excluding hydrogens is 376 g/mol. The average molecular weight is 400 g/mol. The van der Waals surface area contributed by atoms with Crippen LogP contribution in [0.1, 0.15) is 18.1 Å². The van der Waals surface area contributed by atoms with Gasteiger partial charge >= 0.3 is 5.97 Å². The Hall–Kier alpha value is -1.86. The maximum absolute atomic E-state index is 12.4. The van der Waals surface area contributed by atoms with Crippen LogP contribution in [0.15, 0.2) is 60.7 Å². The van der Waals surface area contributed by atoms with Crippen molar-refractivity contribution in [3.63, 3.8) is 0 Å². The first-order valence-corrected chi connectivity index (χ1v) is 10.6. The Labute approximate surface area is 169 Å². The molecule has 28 heavy (non-hydrogen) atoms. The second-order valence-corrected chi connectivity index (χ2v) is 8.18. The predicted molar refractivity (Wildman–Crippen MR) is 107 cm³/mol. The lowest BCUT2D eigenvalue weighted by Gasteiger charge is -2.49. The van der Waals surface area contributed by atoms with Gasteiger partial charge in [0.1, 0.15) is 17.6 Å². The van der Waals surface area contributed by atoms with E-state index in [0.717, 1.165) is 16.9 Å². The topological polar surface area (TPSA) is 54.0 Å². The summed E-state index contributed by atoms with van der Waals surface area (Å²) in [7, 11) is 0. The molecule has 3 aliphatic heterocycles. The van der Waals surface area contributed by atoms with E-state index in [2.05, 4.69) is 6.92 Å². The van der Waals surface area contributed by atoms with Crippen LogP contribution in [0.3, 0.4) is 0 Å². The molecule has 0 radical (unpaired) electrons. The van der Waals surface area contributed by atoms with Gasteiger partial charge in [0, 0.05) is 0 Å². The van der Waals surface area contributed by atoms with Gasteiger partial charge in [-0.2, -0.15) is 0 Å². The zero-order valence-electron chi connectivity index (χ0n) is 15.7. The summed E-state index contributed by atoms with van der Waals surface area (Å²) < 4.78 is 24.0. The van der Waals surface area contributed by atoms with Crippen molar-refractivity contribution in [3.05, 3.63) is 71.8 Å². The van der Waals surface area contributed by atoms with Crippen LogP contribution in [0, 0.1) is 0 Å². The van der Waals surface area contributed by atoms with Gasteiger partial charge in [0.2, 0.25) is 0 Å². The number of hydrogen-bond donors (Lipinski definition) is 0. The molecule has 5 nitrogen and oxygen atoms in total. The predicted octanol–water partition coefficient (Wildman–Crippen LogP) is 3.56. The second kappa shape index (κ2) is 9.09.